The minimum Gasteiger partial charge on any atom is -0.461 e. The molecule has 0 radical (unpaired) electrons. The van der Waals surface area contributed by atoms with Crippen molar-refractivity contribution in [2.45, 2.75) is 25.9 Å². The largest absolute Gasteiger partial charge is 0.461 e. The van der Waals surface area contributed by atoms with E-state index in [1.54, 1.807) is 6.26 Å². The molecule has 1 N–H and O–H groups in total. The molecule has 7 heteroatoms. The lowest BCUT2D eigenvalue weighted by Gasteiger charge is -2.12. The molecule has 6 nitrogen and oxygen atoms in total. The van der Waals surface area contributed by atoms with Crippen LogP contribution in [0.1, 0.15) is 16.7 Å². The summed E-state index contributed by atoms with van der Waals surface area (Å²) in [5.41, 5.74) is 5.01. The zero-order valence-electron chi connectivity index (χ0n) is 17.0. The molecule has 0 saturated carbocycles. The number of nitrogens with zero attached hydrogens (tertiary/aromatic N) is 3. The Morgan fingerprint density at radius 2 is 1.73 bits per heavy atom. The van der Waals surface area contributed by atoms with Crippen molar-refractivity contribution in [1.29, 1.82) is 0 Å². The first-order valence-electron chi connectivity index (χ1n) is 9.58. The number of hydrogen-bond donors (Lipinski definition) is 1. The van der Waals surface area contributed by atoms with E-state index >= 15 is 0 Å². The highest BCUT2D eigenvalue weighted by atomic mass is 32.2. The van der Waals surface area contributed by atoms with Crippen molar-refractivity contribution in [2.24, 2.45) is 0 Å². The van der Waals surface area contributed by atoms with Crippen LogP contribution in [0.25, 0.3) is 17.3 Å². The molecule has 0 atom stereocenters. The molecule has 152 valence electrons. The molecule has 0 spiro atoms. The van der Waals surface area contributed by atoms with Crippen molar-refractivity contribution in [2.75, 3.05) is 11.1 Å². The van der Waals surface area contributed by atoms with Gasteiger partial charge in [-0.25, -0.2) is 0 Å². The summed E-state index contributed by atoms with van der Waals surface area (Å²) in [5.74, 6) is 1.35. The maximum Gasteiger partial charge on any atom is 0.234 e. The molecule has 2 heterocycles. The van der Waals surface area contributed by atoms with Gasteiger partial charge in [0, 0.05) is 11.4 Å². The molecule has 0 aliphatic heterocycles. The van der Waals surface area contributed by atoms with Crippen LogP contribution < -0.4 is 5.32 Å². The van der Waals surface area contributed by atoms with Gasteiger partial charge in [-0.2, -0.15) is 0 Å². The topological polar surface area (TPSA) is 73.0 Å². The molecular formula is C23H22N4O2S. The lowest BCUT2D eigenvalue weighted by Crippen LogP contribution is -2.16. The van der Waals surface area contributed by atoms with Crippen LogP contribution in [0.3, 0.4) is 0 Å². The maximum atomic E-state index is 12.6. The van der Waals surface area contributed by atoms with Gasteiger partial charge in [-0.1, -0.05) is 47.7 Å². The summed E-state index contributed by atoms with van der Waals surface area (Å²) in [5, 5.41) is 12.3. The van der Waals surface area contributed by atoms with Gasteiger partial charge in [-0.15, -0.1) is 10.2 Å². The van der Waals surface area contributed by atoms with E-state index in [2.05, 4.69) is 15.5 Å². The van der Waals surface area contributed by atoms with Crippen LogP contribution in [-0.2, 0) is 4.79 Å². The van der Waals surface area contributed by atoms with Crippen molar-refractivity contribution in [3.05, 3.63) is 77.6 Å². The maximum absolute atomic E-state index is 12.6. The Morgan fingerprint density at radius 3 is 2.40 bits per heavy atom. The molecule has 4 rings (SSSR count). The van der Waals surface area contributed by atoms with Crippen molar-refractivity contribution in [3.8, 4) is 17.3 Å². The van der Waals surface area contributed by atoms with Gasteiger partial charge < -0.3 is 9.73 Å². The summed E-state index contributed by atoms with van der Waals surface area (Å²) in [4.78, 5) is 12.6. The number of carbonyl (C=O) groups excluding carboxylic acids is 1. The molecular weight excluding hydrogens is 396 g/mol. The van der Waals surface area contributed by atoms with Gasteiger partial charge in [0.2, 0.25) is 11.7 Å². The number of hydrogen-bond acceptors (Lipinski definition) is 5. The van der Waals surface area contributed by atoms with Crippen LogP contribution in [-0.4, -0.2) is 26.4 Å². The molecule has 2 aromatic heterocycles. The third-order valence-electron chi connectivity index (χ3n) is 4.74. The first kappa shape index (κ1) is 20.0. The Kier molecular flexibility index (Phi) is 5.72. The van der Waals surface area contributed by atoms with Gasteiger partial charge in [0.1, 0.15) is 0 Å². The number of aromatic nitrogens is 3. The average molecular weight is 419 g/mol. The minimum absolute atomic E-state index is 0.0876. The van der Waals surface area contributed by atoms with Crippen LogP contribution in [0.4, 0.5) is 5.69 Å². The quantitative estimate of drug-likeness (QED) is 0.437. The number of rotatable bonds is 6. The summed E-state index contributed by atoms with van der Waals surface area (Å²) in [6.45, 7) is 6.01. The predicted octanol–water partition coefficient (Wildman–Crippen LogP) is 5.18. The fourth-order valence-corrected chi connectivity index (χ4v) is 3.92. The second-order valence-corrected chi connectivity index (χ2v) is 8.00. The Bertz CT molecular complexity index is 1140. The molecule has 2 aromatic carbocycles. The number of aryl methyl sites for hydroxylation is 3. The monoisotopic (exact) mass is 418 g/mol. The summed E-state index contributed by atoms with van der Waals surface area (Å²) in [7, 11) is 0. The highest BCUT2D eigenvalue weighted by Crippen LogP contribution is 2.29. The summed E-state index contributed by atoms with van der Waals surface area (Å²) < 4.78 is 7.45. The predicted molar refractivity (Wildman–Crippen MR) is 119 cm³/mol. The van der Waals surface area contributed by atoms with Crippen LogP contribution >= 0.6 is 11.8 Å². The van der Waals surface area contributed by atoms with Crippen LogP contribution in [0, 0.1) is 20.8 Å². The zero-order chi connectivity index (χ0) is 21.1. The SMILES string of the molecule is Cc1ccc(-n2c(SCC(=O)Nc3c(C)cccc3C)nnc2-c2ccco2)cc1. The lowest BCUT2D eigenvalue weighted by atomic mass is 10.1. The van der Waals surface area contributed by atoms with Crippen LogP contribution in [0.15, 0.2) is 70.4 Å². The summed E-state index contributed by atoms with van der Waals surface area (Å²) >= 11 is 1.34. The molecule has 1 amide bonds. The second kappa shape index (κ2) is 8.59. The number of thioether (sulfide) groups is 1. The van der Waals surface area contributed by atoms with Gasteiger partial charge in [0.25, 0.3) is 0 Å². The normalized spacial score (nSPS) is 10.9. The minimum atomic E-state index is -0.0876. The number of amides is 1. The zero-order valence-corrected chi connectivity index (χ0v) is 17.9. The van der Waals surface area contributed by atoms with Gasteiger partial charge >= 0.3 is 0 Å². The number of para-hydroxylation sites is 1. The fraction of sp³-hybridized carbons (Fsp3) is 0.174. The van der Waals surface area contributed by atoms with E-state index in [0.717, 1.165) is 28.1 Å². The molecule has 0 aliphatic rings. The molecule has 0 unspecified atom stereocenters. The molecule has 4 aromatic rings. The highest BCUT2D eigenvalue weighted by Gasteiger charge is 2.19. The number of nitrogens with one attached hydrogen (secondary N) is 1. The second-order valence-electron chi connectivity index (χ2n) is 7.06. The van der Waals surface area contributed by atoms with Crippen molar-refractivity contribution < 1.29 is 9.21 Å². The average Bonchev–Trinajstić information content (AvgIpc) is 3.39. The smallest absolute Gasteiger partial charge is 0.234 e. The number of anilines is 1. The first-order chi connectivity index (χ1) is 14.5. The van der Waals surface area contributed by atoms with E-state index in [-0.39, 0.29) is 11.7 Å². The van der Waals surface area contributed by atoms with Crippen LogP contribution in [0.2, 0.25) is 0 Å². The van der Waals surface area contributed by atoms with Gasteiger partial charge in [0.05, 0.1) is 12.0 Å². The molecule has 0 fully saturated rings. The molecule has 0 bridgehead atoms. The van der Waals surface area contributed by atoms with E-state index in [4.69, 9.17) is 4.42 Å². The number of benzene rings is 2. The standard InChI is InChI=1S/C23H22N4O2S/c1-15-9-11-18(12-10-15)27-22(19-8-5-13-29-19)25-26-23(27)30-14-20(28)24-21-16(2)6-4-7-17(21)3/h4-13H,14H2,1-3H3,(H,24,28). The summed E-state index contributed by atoms with van der Waals surface area (Å²) in [6.07, 6.45) is 1.61. The van der Waals surface area contributed by atoms with Crippen molar-refractivity contribution in [1.82, 2.24) is 14.8 Å². The van der Waals surface area contributed by atoms with E-state index in [9.17, 15) is 4.79 Å². The Labute approximate surface area is 179 Å². The third kappa shape index (κ3) is 4.16. The lowest BCUT2D eigenvalue weighted by molar-refractivity contribution is -0.113. The first-order valence-corrected chi connectivity index (χ1v) is 10.6. The van der Waals surface area contributed by atoms with E-state index in [1.807, 2.05) is 79.9 Å². The number of furan rings is 1. The van der Waals surface area contributed by atoms with Gasteiger partial charge in [-0.05, 0) is 56.2 Å². The number of carbonyl (C=O) groups is 1. The summed E-state index contributed by atoms with van der Waals surface area (Å²) in [6, 6.07) is 17.7. The van der Waals surface area contributed by atoms with E-state index in [0.29, 0.717) is 16.7 Å². The van der Waals surface area contributed by atoms with Crippen molar-refractivity contribution >= 4 is 23.4 Å². The molecule has 0 aliphatic carbocycles. The molecule has 30 heavy (non-hydrogen) atoms. The van der Waals surface area contributed by atoms with E-state index < -0.39 is 0 Å². The van der Waals surface area contributed by atoms with Crippen LogP contribution in [0.5, 0.6) is 0 Å². The van der Waals surface area contributed by atoms with Gasteiger partial charge in [-0.3, -0.25) is 9.36 Å². The van der Waals surface area contributed by atoms with Gasteiger partial charge in [0.15, 0.2) is 10.9 Å². The Hall–Kier alpha value is -3.32. The van der Waals surface area contributed by atoms with Crippen molar-refractivity contribution in [3.63, 3.8) is 0 Å². The Morgan fingerprint density at radius 1 is 1.00 bits per heavy atom. The molecule has 0 saturated heterocycles. The highest BCUT2D eigenvalue weighted by molar-refractivity contribution is 7.99. The third-order valence-corrected chi connectivity index (χ3v) is 5.67. The van der Waals surface area contributed by atoms with E-state index in [1.165, 1.54) is 11.8 Å². The fourth-order valence-electron chi connectivity index (χ4n) is 3.17. The Balaban J connectivity index is 1.58.